The molecule has 0 radical (unpaired) electrons. The molecule has 0 heterocycles. The molecule has 0 aliphatic heterocycles. The van der Waals surface area contributed by atoms with Crippen molar-refractivity contribution in [3.63, 3.8) is 0 Å². The Balaban J connectivity index is 4.07. The van der Waals surface area contributed by atoms with E-state index in [1.807, 2.05) is 0 Å². The number of hydrogen-bond donors (Lipinski definition) is 0. The first kappa shape index (κ1) is 67.8. The predicted molar refractivity (Wildman–Crippen MR) is 307 cm³/mol. The molecule has 0 saturated carbocycles. The van der Waals surface area contributed by atoms with Gasteiger partial charge in [-0.2, -0.15) is 0 Å². The van der Waals surface area contributed by atoms with Crippen LogP contribution in [0.3, 0.4) is 0 Å². The van der Waals surface area contributed by atoms with Gasteiger partial charge >= 0.3 is 17.9 Å². The number of hydrogen-bond acceptors (Lipinski definition) is 6. The molecule has 0 N–H and O–H groups in total. The zero-order valence-electron chi connectivity index (χ0n) is 47.0. The van der Waals surface area contributed by atoms with Crippen molar-refractivity contribution in [2.75, 3.05) is 13.2 Å². The van der Waals surface area contributed by atoms with Gasteiger partial charge in [-0.25, -0.2) is 0 Å². The Morgan fingerprint density at radius 2 is 0.549 bits per heavy atom. The first-order chi connectivity index (χ1) is 35.0. The monoisotopic (exact) mass is 991 g/mol. The Morgan fingerprint density at radius 1 is 0.296 bits per heavy atom. The van der Waals surface area contributed by atoms with Crippen molar-refractivity contribution in [1.29, 1.82) is 0 Å². The fraction of sp³-hybridized carbons (Fsp3) is 0.769. The summed E-state index contributed by atoms with van der Waals surface area (Å²) >= 11 is 0. The molecule has 0 aliphatic carbocycles. The van der Waals surface area contributed by atoms with E-state index in [1.54, 1.807) is 0 Å². The first-order valence-corrected chi connectivity index (χ1v) is 30.4. The molecule has 0 spiro atoms. The Kier molecular flexibility index (Phi) is 56.8. The molecule has 0 aromatic rings. The van der Waals surface area contributed by atoms with Crippen molar-refractivity contribution in [2.45, 2.75) is 309 Å². The fourth-order valence-corrected chi connectivity index (χ4v) is 8.64. The van der Waals surface area contributed by atoms with Crippen LogP contribution in [0.2, 0.25) is 0 Å². The van der Waals surface area contributed by atoms with E-state index in [0.717, 1.165) is 103 Å². The van der Waals surface area contributed by atoms with Crippen molar-refractivity contribution >= 4 is 17.9 Å². The van der Waals surface area contributed by atoms with E-state index >= 15 is 0 Å². The zero-order chi connectivity index (χ0) is 51.4. The van der Waals surface area contributed by atoms with Crippen LogP contribution in [0.1, 0.15) is 303 Å². The summed E-state index contributed by atoms with van der Waals surface area (Å²) in [5.74, 6) is -0.888. The van der Waals surface area contributed by atoms with Crippen molar-refractivity contribution < 1.29 is 28.6 Å². The lowest BCUT2D eigenvalue weighted by atomic mass is 10.0. The normalized spacial score (nSPS) is 12.5. The van der Waals surface area contributed by atoms with Crippen LogP contribution in [0.25, 0.3) is 0 Å². The van der Waals surface area contributed by atoms with Crippen molar-refractivity contribution in [1.82, 2.24) is 0 Å². The van der Waals surface area contributed by atoms with Crippen LogP contribution in [0.4, 0.5) is 0 Å². The third-order valence-corrected chi connectivity index (χ3v) is 13.2. The summed E-state index contributed by atoms with van der Waals surface area (Å²) in [6.45, 7) is 6.46. The smallest absolute Gasteiger partial charge is 0.306 e. The minimum Gasteiger partial charge on any atom is -0.462 e. The van der Waals surface area contributed by atoms with Crippen LogP contribution in [0.15, 0.2) is 72.9 Å². The lowest BCUT2D eigenvalue weighted by Crippen LogP contribution is -2.30. The fourth-order valence-electron chi connectivity index (χ4n) is 8.64. The van der Waals surface area contributed by atoms with E-state index in [4.69, 9.17) is 14.2 Å². The number of ether oxygens (including phenoxy) is 3. The summed E-state index contributed by atoms with van der Waals surface area (Å²) in [4.78, 5) is 37.9. The van der Waals surface area contributed by atoms with Crippen molar-refractivity contribution in [3.05, 3.63) is 72.9 Å². The second-order valence-electron chi connectivity index (χ2n) is 20.2. The van der Waals surface area contributed by atoms with Gasteiger partial charge in [0.2, 0.25) is 0 Å². The van der Waals surface area contributed by atoms with Gasteiger partial charge in [-0.3, -0.25) is 14.4 Å². The Bertz CT molecular complexity index is 1320. The van der Waals surface area contributed by atoms with Crippen LogP contribution < -0.4 is 0 Å². The molecule has 0 amide bonds. The number of carbonyl (C=O) groups excluding carboxylic acids is 3. The summed E-state index contributed by atoms with van der Waals surface area (Å²) in [7, 11) is 0. The van der Waals surface area contributed by atoms with Crippen molar-refractivity contribution in [2.24, 2.45) is 0 Å². The van der Waals surface area contributed by atoms with Gasteiger partial charge in [-0.05, 0) is 89.9 Å². The van der Waals surface area contributed by atoms with Gasteiger partial charge in [-0.15, -0.1) is 0 Å². The molecule has 0 aromatic carbocycles. The molecule has 410 valence electrons. The average molecular weight is 992 g/mol. The number of esters is 3. The third kappa shape index (κ3) is 57.6. The highest BCUT2D eigenvalue weighted by molar-refractivity contribution is 5.71. The Morgan fingerprint density at radius 3 is 0.873 bits per heavy atom. The lowest BCUT2D eigenvalue weighted by Gasteiger charge is -2.18. The topological polar surface area (TPSA) is 78.9 Å². The zero-order valence-corrected chi connectivity index (χ0v) is 47.0. The molecule has 0 aromatic heterocycles. The number of allylic oxidation sites excluding steroid dienone is 12. The highest BCUT2D eigenvalue weighted by atomic mass is 16.6. The molecule has 1 unspecified atom stereocenters. The lowest BCUT2D eigenvalue weighted by molar-refractivity contribution is -0.167. The van der Waals surface area contributed by atoms with Crippen LogP contribution in [0.5, 0.6) is 0 Å². The maximum Gasteiger partial charge on any atom is 0.306 e. The predicted octanol–water partition coefficient (Wildman–Crippen LogP) is 20.5. The van der Waals surface area contributed by atoms with E-state index in [1.165, 1.54) is 161 Å². The van der Waals surface area contributed by atoms with Gasteiger partial charge in [0, 0.05) is 19.3 Å². The summed E-state index contributed by atoms with van der Waals surface area (Å²) < 4.78 is 16.8. The second-order valence-corrected chi connectivity index (χ2v) is 20.2. The third-order valence-electron chi connectivity index (χ3n) is 13.2. The van der Waals surface area contributed by atoms with Crippen LogP contribution in [-0.4, -0.2) is 37.2 Å². The number of rotatable bonds is 55. The molecule has 0 fully saturated rings. The van der Waals surface area contributed by atoms with Crippen molar-refractivity contribution in [3.8, 4) is 0 Å². The number of carbonyl (C=O) groups is 3. The molecule has 0 saturated heterocycles. The highest BCUT2D eigenvalue weighted by Crippen LogP contribution is 2.16. The summed E-state index contributed by atoms with van der Waals surface area (Å²) in [6, 6.07) is 0. The Labute approximate surface area is 440 Å². The molecular weight excluding hydrogens is 877 g/mol. The summed E-state index contributed by atoms with van der Waals surface area (Å²) in [5.41, 5.74) is 0. The van der Waals surface area contributed by atoms with Crippen LogP contribution >= 0.6 is 0 Å². The van der Waals surface area contributed by atoms with Crippen LogP contribution in [-0.2, 0) is 28.6 Å². The van der Waals surface area contributed by atoms with E-state index in [0.29, 0.717) is 19.3 Å². The van der Waals surface area contributed by atoms with Crippen LogP contribution in [0, 0.1) is 0 Å². The SMILES string of the molecule is CC/C=C\C/C=C\C/C=C\C/C=C\C/C=C\CCCCCCCCCCCC(=O)OCC(COC(=O)CCCCCCC)OC(=O)CCCCCCCCCCCCC/C=C\CCCCCCCCCC. The van der Waals surface area contributed by atoms with Gasteiger partial charge in [0.1, 0.15) is 13.2 Å². The van der Waals surface area contributed by atoms with Gasteiger partial charge in [-0.1, -0.05) is 267 Å². The standard InChI is InChI=1S/C65H114O6/c1-4-7-10-13-15-17-19-21-23-25-27-29-31-32-34-35-37-39-41-43-45-47-49-52-55-58-64(67)70-61-62(60-69-63(66)57-54-51-12-9-6-3)71-65(68)59-56-53-50-48-46-44-42-40-38-36-33-30-28-26-24-22-20-18-16-14-11-8-5-2/h7,10,15,17,21,23,26-29,32,34,62H,4-6,8-9,11-14,16,18-20,22,24-25,30-31,33,35-61H2,1-3H3/b10-7-,17-15-,23-21-,28-26-,29-27-,34-32-. The second kappa shape index (κ2) is 59.4. The van der Waals surface area contributed by atoms with Gasteiger partial charge < -0.3 is 14.2 Å². The maximum absolute atomic E-state index is 12.8. The molecule has 6 nitrogen and oxygen atoms in total. The van der Waals surface area contributed by atoms with E-state index in [2.05, 4.69) is 93.7 Å². The van der Waals surface area contributed by atoms with E-state index < -0.39 is 6.10 Å². The molecule has 6 heteroatoms. The minimum atomic E-state index is -0.774. The van der Waals surface area contributed by atoms with E-state index in [-0.39, 0.29) is 31.1 Å². The quantitative estimate of drug-likeness (QED) is 0.0261. The number of unbranched alkanes of at least 4 members (excludes halogenated alkanes) is 32. The average Bonchev–Trinajstić information content (AvgIpc) is 3.37. The first-order valence-electron chi connectivity index (χ1n) is 30.4. The minimum absolute atomic E-state index is 0.0767. The van der Waals surface area contributed by atoms with Gasteiger partial charge in [0.25, 0.3) is 0 Å². The summed E-state index contributed by atoms with van der Waals surface area (Å²) in [5, 5.41) is 0. The molecule has 0 bridgehead atoms. The van der Waals surface area contributed by atoms with Gasteiger partial charge in [0.15, 0.2) is 6.10 Å². The molecular formula is C65H114O6. The molecule has 71 heavy (non-hydrogen) atoms. The highest BCUT2D eigenvalue weighted by Gasteiger charge is 2.19. The van der Waals surface area contributed by atoms with Gasteiger partial charge in [0.05, 0.1) is 0 Å². The maximum atomic E-state index is 12.8. The summed E-state index contributed by atoms with van der Waals surface area (Å²) in [6.07, 6.45) is 76.6. The Hall–Kier alpha value is -3.15. The largest absolute Gasteiger partial charge is 0.462 e. The molecule has 0 rings (SSSR count). The molecule has 1 atom stereocenters. The van der Waals surface area contributed by atoms with E-state index in [9.17, 15) is 14.4 Å². The molecule has 0 aliphatic rings.